The van der Waals surface area contributed by atoms with Gasteiger partial charge in [-0.1, -0.05) is 39.5 Å². The number of carbonyl (C=O) groups excluding carboxylic acids is 2. The highest BCUT2D eigenvalue weighted by atomic mass is 16.6. The zero-order valence-corrected chi connectivity index (χ0v) is 13.2. The molecule has 0 saturated heterocycles. The van der Waals surface area contributed by atoms with Crippen LogP contribution in [0.3, 0.4) is 0 Å². The second-order valence-corrected chi connectivity index (χ2v) is 4.76. The van der Waals surface area contributed by atoms with Crippen LogP contribution in [0.5, 0.6) is 0 Å². The first kappa shape index (κ1) is 18.7. The highest BCUT2D eigenvalue weighted by molar-refractivity contribution is 5.78. The molecule has 118 valence electrons. The van der Waals surface area contributed by atoms with E-state index < -0.39 is 6.09 Å². The number of likely N-dealkylation sites (N-methyl/N-ethyl adjacent to an activating group) is 1. The molecule has 0 aromatic carbocycles. The summed E-state index contributed by atoms with van der Waals surface area (Å²) in [5, 5.41) is 0. The molecular weight excluding hydrogens is 258 g/mol. The third kappa shape index (κ3) is 9.64. The molecule has 0 radical (unpaired) electrons. The molecule has 0 aliphatic rings. The average molecular weight is 287 g/mol. The third-order valence-corrected chi connectivity index (χ3v) is 2.94. The van der Waals surface area contributed by atoms with Crippen molar-refractivity contribution in [2.75, 3.05) is 26.3 Å². The maximum atomic E-state index is 11.7. The summed E-state index contributed by atoms with van der Waals surface area (Å²) in [6.45, 7) is 7.22. The summed E-state index contributed by atoms with van der Waals surface area (Å²) in [5.74, 6) is -0.365. The minimum absolute atomic E-state index is 0.0325. The Hall–Kier alpha value is -1.26. The highest BCUT2D eigenvalue weighted by Gasteiger charge is 2.17. The van der Waals surface area contributed by atoms with Gasteiger partial charge in [0.15, 0.2) is 0 Å². The van der Waals surface area contributed by atoms with Crippen molar-refractivity contribution in [2.45, 2.75) is 59.3 Å². The first-order chi connectivity index (χ1) is 9.65. The Morgan fingerprint density at radius 1 is 0.850 bits per heavy atom. The second kappa shape index (κ2) is 12.8. The summed E-state index contributed by atoms with van der Waals surface area (Å²) in [7, 11) is 0. The molecule has 0 spiro atoms. The lowest BCUT2D eigenvalue weighted by molar-refractivity contribution is -0.144. The van der Waals surface area contributed by atoms with Crippen molar-refractivity contribution in [1.29, 1.82) is 0 Å². The molecule has 0 N–H and O–H groups in total. The van der Waals surface area contributed by atoms with Gasteiger partial charge in [0, 0.05) is 6.54 Å². The lowest BCUT2D eigenvalue weighted by Crippen LogP contribution is -2.37. The van der Waals surface area contributed by atoms with Crippen LogP contribution in [0.1, 0.15) is 59.3 Å². The molecule has 0 aromatic rings. The first-order valence-corrected chi connectivity index (χ1v) is 7.72. The van der Waals surface area contributed by atoms with Crippen LogP contribution >= 0.6 is 0 Å². The van der Waals surface area contributed by atoms with Gasteiger partial charge in [0.05, 0.1) is 13.2 Å². The third-order valence-electron chi connectivity index (χ3n) is 2.94. The molecule has 0 unspecified atom stereocenters. The molecule has 5 nitrogen and oxygen atoms in total. The maximum absolute atomic E-state index is 11.7. The summed E-state index contributed by atoms with van der Waals surface area (Å²) in [6.07, 6.45) is 5.63. The van der Waals surface area contributed by atoms with E-state index in [-0.39, 0.29) is 12.5 Å². The quantitative estimate of drug-likeness (QED) is 0.432. The molecule has 1 amide bonds. The lowest BCUT2D eigenvalue weighted by Gasteiger charge is -2.19. The summed E-state index contributed by atoms with van der Waals surface area (Å²) in [4.78, 5) is 24.7. The average Bonchev–Trinajstić information content (AvgIpc) is 2.44. The minimum atomic E-state index is -0.441. The van der Waals surface area contributed by atoms with Crippen molar-refractivity contribution < 1.29 is 19.1 Å². The van der Waals surface area contributed by atoms with Crippen LogP contribution in [-0.2, 0) is 14.3 Å². The molecule has 5 heteroatoms. The van der Waals surface area contributed by atoms with Crippen LogP contribution in [0.25, 0.3) is 0 Å². The Kier molecular flexibility index (Phi) is 12.0. The standard InChI is InChI=1S/C15H29NO4/c1-4-7-9-10-12-19-14(17)13-16(6-3)15(18)20-11-8-5-2/h4-13H2,1-3H3. The predicted octanol–water partition coefficient (Wildman–Crippen LogP) is 3.37. The van der Waals surface area contributed by atoms with E-state index in [1.807, 2.05) is 13.8 Å². The summed E-state index contributed by atoms with van der Waals surface area (Å²) >= 11 is 0. The molecule has 0 atom stereocenters. The monoisotopic (exact) mass is 287 g/mol. The van der Waals surface area contributed by atoms with E-state index in [2.05, 4.69) is 6.92 Å². The van der Waals surface area contributed by atoms with Gasteiger partial charge in [0.2, 0.25) is 0 Å². The van der Waals surface area contributed by atoms with Gasteiger partial charge in [0.1, 0.15) is 6.54 Å². The van der Waals surface area contributed by atoms with Crippen LogP contribution in [0.4, 0.5) is 4.79 Å². The first-order valence-electron chi connectivity index (χ1n) is 7.72. The molecule has 0 fully saturated rings. The van der Waals surface area contributed by atoms with Crippen molar-refractivity contribution >= 4 is 12.1 Å². The number of hydrogen-bond acceptors (Lipinski definition) is 4. The fourth-order valence-corrected chi connectivity index (χ4v) is 1.62. The Balaban J connectivity index is 3.84. The van der Waals surface area contributed by atoms with E-state index >= 15 is 0 Å². The molecule has 0 rings (SSSR count). The number of nitrogens with zero attached hydrogens (tertiary/aromatic N) is 1. The van der Waals surface area contributed by atoms with Gasteiger partial charge >= 0.3 is 12.1 Å². The van der Waals surface area contributed by atoms with Crippen LogP contribution in [0, 0.1) is 0 Å². The summed E-state index contributed by atoms with van der Waals surface area (Å²) in [5.41, 5.74) is 0. The van der Waals surface area contributed by atoms with Gasteiger partial charge < -0.3 is 9.47 Å². The summed E-state index contributed by atoms with van der Waals surface area (Å²) in [6, 6.07) is 0. The minimum Gasteiger partial charge on any atom is -0.464 e. The van der Waals surface area contributed by atoms with Crippen molar-refractivity contribution in [3.05, 3.63) is 0 Å². The zero-order valence-electron chi connectivity index (χ0n) is 13.2. The van der Waals surface area contributed by atoms with E-state index in [0.717, 1.165) is 38.5 Å². The Morgan fingerprint density at radius 2 is 1.50 bits per heavy atom. The Morgan fingerprint density at radius 3 is 2.10 bits per heavy atom. The lowest BCUT2D eigenvalue weighted by atomic mass is 10.2. The largest absolute Gasteiger partial charge is 0.464 e. The fraction of sp³-hybridized carbons (Fsp3) is 0.867. The van der Waals surface area contributed by atoms with Gasteiger partial charge in [0.25, 0.3) is 0 Å². The van der Waals surface area contributed by atoms with Crippen LogP contribution in [0.15, 0.2) is 0 Å². The van der Waals surface area contributed by atoms with Crippen LogP contribution in [-0.4, -0.2) is 43.3 Å². The molecule has 0 heterocycles. The van der Waals surface area contributed by atoms with Crippen molar-refractivity contribution in [2.24, 2.45) is 0 Å². The SMILES string of the molecule is CCCCCCOC(=O)CN(CC)C(=O)OCCCC. The normalized spacial score (nSPS) is 10.2. The number of ether oxygens (including phenoxy) is 2. The molecule has 0 saturated carbocycles. The second-order valence-electron chi connectivity index (χ2n) is 4.76. The van der Waals surface area contributed by atoms with E-state index in [9.17, 15) is 9.59 Å². The summed E-state index contributed by atoms with van der Waals surface area (Å²) < 4.78 is 10.2. The Bertz CT molecular complexity index is 269. The molecule has 20 heavy (non-hydrogen) atoms. The van der Waals surface area contributed by atoms with Gasteiger partial charge in [-0.3, -0.25) is 9.69 Å². The number of amides is 1. The number of hydrogen-bond donors (Lipinski definition) is 0. The molecule has 0 bridgehead atoms. The van der Waals surface area contributed by atoms with Gasteiger partial charge in [-0.05, 0) is 19.8 Å². The molecule has 0 aliphatic carbocycles. The number of unbranched alkanes of at least 4 members (excludes halogenated alkanes) is 4. The molecule has 0 aromatic heterocycles. The van der Waals surface area contributed by atoms with Gasteiger partial charge in [-0.2, -0.15) is 0 Å². The molecule has 0 aliphatic heterocycles. The smallest absolute Gasteiger partial charge is 0.410 e. The van der Waals surface area contributed by atoms with E-state index in [1.165, 1.54) is 4.90 Å². The topological polar surface area (TPSA) is 55.8 Å². The fourth-order valence-electron chi connectivity index (χ4n) is 1.62. The van der Waals surface area contributed by atoms with Gasteiger partial charge in [-0.25, -0.2) is 4.79 Å². The van der Waals surface area contributed by atoms with Crippen molar-refractivity contribution in [3.63, 3.8) is 0 Å². The molecular formula is C15H29NO4. The highest BCUT2D eigenvalue weighted by Crippen LogP contribution is 2.01. The number of esters is 1. The van der Waals surface area contributed by atoms with E-state index in [0.29, 0.717) is 19.8 Å². The predicted molar refractivity (Wildman–Crippen MR) is 78.6 cm³/mol. The maximum Gasteiger partial charge on any atom is 0.410 e. The van der Waals surface area contributed by atoms with Crippen LogP contribution in [0.2, 0.25) is 0 Å². The number of carbonyl (C=O) groups is 2. The number of rotatable bonds is 11. The zero-order chi connectivity index (χ0) is 15.2. The van der Waals surface area contributed by atoms with E-state index in [1.54, 1.807) is 0 Å². The Labute approximate surface area is 122 Å². The van der Waals surface area contributed by atoms with Crippen LogP contribution < -0.4 is 0 Å². The van der Waals surface area contributed by atoms with Crippen molar-refractivity contribution in [3.8, 4) is 0 Å². The van der Waals surface area contributed by atoms with Gasteiger partial charge in [-0.15, -0.1) is 0 Å². The van der Waals surface area contributed by atoms with Crippen molar-refractivity contribution in [1.82, 2.24) is 4.90 Å². The van der Waals surface area contributed by atoms with E-state index in [4.69, 9.17) is 9.47 Å².